The Hall–Kier alpha value is -2.06. The summed E-state index contributed by atoms with van der Waals surface area (Å²) in [6, 6.07) is 9.03. The van der Waals surface area contributed by atoms with E-state index in [0.29, 0.717) is 30.3 Å². The first kappa shape index (κ1) is 13.4. The Morgan fingerprint density at radius 3 is 3.05 bits per heavy atom. The molecule has 0 spiro atoms. The Kier molecular flexibility index (Phi) is 4.03. The topological polar surface area (TPSA) is 82.2 Å². The van der Waals surface area contributed by atoms with Crippen molar-refractivity contribution >= 4 is 11.7 Å². The van der Waals surface area contributed by atoms with Crippen LogP contribution in [0, 0.1) is 17.2 Å². The van der Waals surface area contributed by atoms with Crippen molar-refractivity contribution in [2.75, 3.05) is 18.4 Å². The summed E-state index contributed by atoms with van der Waals surface area (Å²) in [5.41, 5.74) is 6.83. The van der Waals surface area contributed by atoms with Gasteiger partial charge in [-0.1, -0.05) is 6.07 Å². The van der Waals surface area contributed by atoms with Crippen LogP contribution in [0.4, 0.5) is 10.5 Å². The van der Waals surface area contributed by atoms with Gasteiger partial charge >= 0.3 is 6.03 Å². The number of nitrogens with two attached hydrogens (primary N) is 1. The summed E-state index contributed by atoms with van der Waals surface area (Å²) in [5, 5.41) is 11.7. The third-order valence-corrected chi connectivity index (χ3v) is 3.50. The van der Waals surface area contributed by atoms with Crippen LogP contribution in [0.5, 0.6) is 0 Å². The standard InChI is InChI=1S/C14H18N4O/c1-10-5-12(8-16)9-18(10)14(19)17-13-4-2-3-11(6-13)7-15/h2-4,6,10,12H,5,8-9,16H2,1H3,(H,17,19). The van der Waals surface area contributed by atoms with Gasteiger partial charge in [0.1, 0.15) is 0 Å². The number of nitrogens with zero attached hydrogens (tertiary/aromatic N) is 2. The van der Waals surface area contributed by atoms with Crippen LogP contribution in [0.3, 0.4) is 0 Å². The monoisotopic (exact) mass is 258 g/mol. The van der Waals surface area contributed by atoms with E-state index < -0.39 is 0 Å². The number of amides is 2. The molecule has 1 fully saturated rings. The molecular weight excluding hydrogens is 240 g/mol. The highest BCUT2D eigenvalue weighted by Gasteiger charge is 2.31. The second-order valence-corrected chi connectivity index (χ2v) is 4.96. The molecule has 2 unspecified atom stereocenters. The van der Waals surface area contributed by atoms with E-state index in [4.69, 9.17) is 11.0 Å². The van der Waals surface area contributed by atoms with E-state index >= 15 is 0 Å². The van der Waals surface area contributed by atoms with Crippen molar-refractivity contribution in [1.82, 2.24) is 4.90 Å². The van der Waals surface area contributed by atoms with Crippen molar-refractivity contribution in [2.24, 2.45) is 11.7 Å². The molecule has 1 aliphatic rings. The number of nitrogens with one attached hydrogen (secondary N) is 1. The minimum Gasteiger partial charge on any atom is -0.330 e. The molecule has 0 aliphatic carbocycles. The van der Waals surface area contributed by atoms with Crippen molar-refractivity contribution in [3.8, 4) is 6.07 Å². The molecule has 0 radical (unpaired) electrons. The lowest BCUT2D eigenvalue weighted by atomic mass is 10.1. The number of hydrogen-bond acceptors (Lipinski definition) is 3. The first-order valence-electron chi connectivity index (χ1n) is 6.42. The summed E-state index contributed by atoms with van der Waals surface area (Å²) in [4.78, 5) is 14.0. The fourth-order valence-corrected chi connectivity index (χ4v) is 2.46. The fourth-order valence-electron chi connectivity index (χ4n) is 2.46. The summed E-state index contributed by atoms with van der Waals surface area (Å²) in [6.45, 7) is 3.33. The molecule has 1 saturated heterocycles. The summed E-state index contributed by atoms with van der Waals surface area (Å²) in [6.07, 6.45) is 0.947. The first-order valence-corrected chi connectivity index (χ1v) is 6.42. The number of benzene rings is 1. The highest BCUT2D eigenvalue weighted by atomic mass is 16.2. The number of urea groups is 1. The highest BCUT2D eigenvalue weighted by molar-refractivity contribution is 5.89. The maximum absolute atomic E-state index is 12.2. The van der Waals surface area contributed by atoms with Gasteiger partial charge in [-0.3, -0.25) is 0 Å². The predicted octanol–water partition coefficient (Wildman–Crippen LogP) is 1.76. The molecule has 100 valence electrons. The van der Waals surface area contributed by atoms with Crippen molar-refractivity contribution in [2.45, 2.75) is 19.4 Å². The molecule has 2 amide bonds. The molecule has 0 bridgehead atoms. The quantitative estimate of drug-likeness (QED) is 0.848. The predicted molar refractivity (Wildman–Crippen MR) is 73.5 cm³/mol. The number of likely N-dealkylation sites (tertiary alicyclic amines) is 1. The van der Waals surface area contributed by atoms with Crippen molar-refractivity contribution in [1.29, 1.82) is 5.26 Å². The average molecular weight is 258 g/mol. The molecule has 5 heteroatoms. The molecule has 0 saturated carbocycles. The molecule has 5 nitrogen and oxygen atoms in total. The van der Waals surface area contributed by atoms with Gasteiger partial charge < -0.3 is 16.0 Å². The molecule has 1 aromatic rings. The average Bonchev–Trinajstić information content (AvgIpc) is 2.80. The van der Waals surface area contributed by atoms with Crippen LogP contribution in [0.2, 0.25) is 0 Å². The maximum Gasteiger partial charge on any atom is 0.322 e. The van der Waals surface area contributed by atoms with Crippen LogP contribution in [-0.2, 0) is 0 Å². The molecule has 1 aromatic carbocycles. The zero-order valence-electron chi connectivity index (χ0n) is 11.0. The zero-order chi connectivity index (χ0) is 13.8. The Morgan fingerprint density at radius 1 is 1.63 bits per heavy atom. The van der Waals surface area contributed by atoms with Crippen LogP contribution in [0.25, 0.3) is 0 Å². The Balaban J connectivity index is 2.03. The number of hydrogen-bond donors (Lipinski definition) is 2. The minimum atomic E-state index is -0.126. The van der Waals surface area contributed by atoms with E-state index in [2.05, 4.69) is 11.4 Å². The highest BCUT2D eigenvalue weighted by Crippen LogP contribution is 2.23. The van der Waals surface area contributed by atoms with E-state index in [0.717, 1.165) is 6.42 Å². The van der Waals surface area contributed by atoms with E-state index in [-0.39, 0.29) is 12.1 Å². The van der Waals surface area contributed by atoms with Gasteiger partial charge in [-0.25, -0.2) is 4.79 Å². The van der Waals surface area contributed by atoms with Crippen molar-refractivity contribution in [3.63, 3.8) is 0 Å². The lowest BCUT2D eigenvalue weighted by Crippen LogP contribution is -2.37. The minimum absolute atomic E-state index is 0.126. The van der Waals surface area contributed by atoms with Crippen molar-refractivity contribution in [3.05, 3.63) is 29.8 Å². The number of nitriles is 1. The van der Waals surface area contributed by atoms with Gasteiger partial charge in [-0.2, -0.15) is 5.26 Å². The van der Waals surface area contributed by atoms with Gasteiger partial charge in [0.2, 0.25) is 0 Å². The Labute approximate surface area is 113 Å². The van der Waals surface area contributed by atoms with Crippen LogP contribution in [0.1, 0.15) is 18.9 Å². The summed E-state index contributed by atoms with van der Waals surface area (Å²) >= 11 is 0. The van der Waals surface area contributed by atoms with Crippen molar-refractivity contribution < 1.29 is 4.79 Å². The molecule has 1 aliphatic heterocycles. The first-order chi connectivity index (χ1) is 9.13. The van der Waals surface area contributed by atoms with Crippen LogP contribution < -0.4 is 11.1 Å². The van der Waals surface area contributed by atoms with E-state index in [1.165, 1.54) is 0 Å². The van der Waals surface area contributed by atoms with Crippen LogP contribution in [0.15, 0.2) is 24.3 Å². The maximum atomic E-state index is 12.2. The number of rotatable bonds is 2. The van der Waals surface area contributed by atoms with Crippen LogP contribution in [-0.4, -0.2) is 30.1 Å². The molecule has 2 atom stereocenters. The molecule has 0 aromatic heterocycles. The second-order valence-electron chi connectivity index (χ2n) is 4.96. The lowest BCUT2D eigenvalue weighted by molar-refractivity contribution is 0.209. The van der Waals surface area contributed by atoms with E-state index in [1.54, 1.807) is 29.2 Å². The van der Waals surface area contributed by atoms with Gasteiger partial charge in [0, 0.05) is 18.3 Å². The summed E-state index contributed by atoms with van der Waals surface area (Å²) in [7, 11) is 0. The number of carbonyl (C=O) groups is 1. The van der Waals surface area contributed by atoms with E-state index in [9.17, 15) is 4.79 Å². The van der Waals surface area contributed by atoms with Gasteiger partial charge in [0.05, 0.1) is 11.6 Å². The summed E-state index contributed by atoms with van der Waals surface area (Å²) < 4.78 is 0. The van der Waals surface area contributed by atoms with E-state index in [1.807, 2.05) is 6.92 Å². The fraction of sp³-hybridized carbons (Fsp3) is 0.429. The molecule has 19 heavy (non-hydrogen) atoms. The molecular formula is C14H18N4O. The summed E-state index contributed by atoms with van der Waals surface area (Å²) in [5.74, 6) is 0.381. The second kappa shape index (κ2) is 5.72. The third kappa shape index (κ3) is 3.04. The molecule has 3 N–H and O–H groups in total. The van der Waals surface area contributed by atoms with Gasteiger partial charge in [-0.15, -0.1) is 0 Å². The largest absolute Gasteiger partial charge is 0.330 e. The smallest absolute Gasteiger partial charge is 0.322 e. The normalized spacial score (nSPS) is 22.1. The molecule has 2 rings (SSSR count). The van der Waals surface area contributed by atoms with Gasteiger partial charge in [-0.05, 0) is 44.0 Å². The zero-order valence-corrected chi connectivity index (χ0v) is 11.0. The molecule has 1 heterocycles. The Bertz CT molecular complexity index is 508. The van der Waals surface area contributed by atoms with Gasteiger partial charge in [0.25, 0.3) is 0 Å². The third-order valence-electron chi connectivity index (χ3n) is 3.50. The number of anilines is 1. The van der Waals surface area contributed by atoms with Crippen LogP contribution >= 0.6 is 0 Å². The SMILES string of the molecule is CC1CC(CN)CN1C(=O)Nc1cccc(C#N)c1. The van der Waals surface area contributed by atoms with Gasteiger partial charge in [0.15, 0.2) is 0 Å². The Morgan fingerprint density at radius 2 is 2.42 bits per heavy atom. The number of carbonyl (C=O) groups excluding carboxylic acids is 1. The lowest BCUT2D eigenvalue weighted by Gasteiger charge is -2.22.